The molecule has 0 aliphatic carbocycles. The van der Waals surface area contributed by atoms with Gasteiger partial charge in [-0.2, -0.15) is 8.78 Å². The Kier molecular flexibility index (Phi) is 3.45. The lowest BCUT2D eigenvalue weighted by Crippen LogP contribution is -2.17. The smallest absolute Gasteiger partial charge is 0.337 e. The molecular formula is C15H12Cl2F2N2O. The number of H-pyrrole nitrogens is 1. The van der Waals surface area contributed by atoms with E-state index in [4.69, 9.17) is 23.2 Å². The molecule has 0 unspecified atom stereocenters. The summed E-state index contributed by atoms with van der Waals surface area (Å²) in [6, 6.07) is 4.63. The minimum atomic E-state index is -3.34. The molecule has 3 nitrogen and oxygen atoms in total. The summed E-state index contributed by atoms with van der Waals surface area (Å²) in [4.78, 5) is 14.2. The van der Waals surface area contributed by atoms with Gasteiger partial charge < -0.3 is 9.55 Å². The molecule has 7 heteroatoms. The summed E-state index contributed by atoms with van der Waals surface area (Å²) in [5.41, 5.74) is 2.39. The van der Waals surface area contributed by atoms with Gasteiger partial charge in [0.05, 0.1) is 10.5 Å². The van der Waals surface area contributed by atoms with Gasteiger partial charge in [0.15, 0.2) is 0 Å². The molecule has 1 aromatic carbocycles. The maximum absolute atomic E-state index is 13.2. The predicted octanol–water partition coefficient (Wildman–Crippen LogP) is 4.58. The molecule has 116 valence electrons. The van der Waals surface area contributed by atoms with Crippen LogP contribution in [0.2, 0.25) is 5.02 Å². The fraction of sp³-hybridized carbons (Fsp3) is 0.267. The number of aromatic amines is 1. The predicted molar refractivity (Wildman–Crippen MR) is 85.3 cm³/mol. The third-order valence-corrected chi connectivity index (χ3v) is 4.31. The molecule has 0 saturated heterocycles. The Morgan fingerprint density at radius 1 is 1.27 bits per heavy atom. The average Bonchev–Trinajstić information content (AvgIpc) is 2.62. The van der Waals surface area contributed by atoms with Crippen LogP contribution >= 0.6 is 23.2 Å². The number of nitrogens with one attached hydrogen (secondary N) is 1. The van der Waals surface area contributed by atoms with Gasteiger partial charge >= 0.3 is 5.38 Å². The largest absolute Gasteiger partial charge is 0.339 e. The number of aromatic nitrogens is 2. The number of hydrogen-bond donors (Lipinski definition) is 1. The first-order valence-electron chi connectivity index (χ1n) is 6.57. The first kappa shape index (κ1) is 15.3. The second kappa shape index (κ2) is 4.96. The summed E-state index contributed by atoms with van der Waals surface area (Å²) in [6.07, 6.45) is 0. The van der Waals surface area contributed by atoms with Crippen molar-refractivity contribution in [3.8, 4) is 0 Å². The molecule has 0 atom stereocenters. The zero-order chi connectivity index (χ0) is 16.2. The van der Waals surface area contributed by atoms with E-state index in [0.717, 1.165) is 10.9 Å². The van der Waals surface area contributed by atoms with E-state index in [9.17, 15) is 13.6 Å². The van der Waals surface area contributed by atoms with Gasteiger partial charge in [-0.25, -0.2) is 0 Å². The number of halogens is 4. The maximum Gasteiger partial charge on any atom is 0.339 e. The Labute approximate surface area is 134 Å². The Hall–Kier alpha value is -1.59. The van der Waals surface area contributed by atoms with E-state index in [0.29, 0.717) is 27.1 Å². The molecule has 0 fully saturated rings. The second-order valence-electron chi connectivity index (χ2n) is 5.28. The number of fused-ring (bicyclic) bond motifs is 3. The van der Waals surface area contributed by atoms with Gasteiger partial charge in [-0.3, -0.25) is 4.79 Å². The first-order chi connectivity index (χ1) is 10.2. The molecule has 1 N–H and O–H groups in total. The lowest BCUT2D eigenvalue weighted by Gasteiger charge is -2.13. The monoisotopic (exact) mass is 344 g/mol. The summed E-state index contributed by atoms with van der Waals surface area (Å²) in [5, 5.41) is -1.65. The third-order valence-electron chi connectivity index (χ3n) is 3.89. The molecule has 3 rings (SSSR count). The van der Waals surface area contributed by atoms with Crippen LogP contribution in [0.1, 0.15) is 11.3 Å². The Morgan fingerprint density at radius 2 is 1.95 bits per heavy atom. The van der Waals surface area contributed by atoms with Crippen LogP contribution in [0, 0.1) is 13.8 Å². The van der Waals surface area contributed by atoms with Crippen LogP contribution in [0.3, 0.4) is 0 Å². The van der Waals surface area contributed by atoms with Crippen LogP contribution in [0.4, 0.5) is 8.78 Å². The normalized spacial score (nSPS) is 12.5. The highest BCUT2D eigenvalue weighted by Gasteiger charge is 2.28. The number of nitrogens with zero attached hydrogens (tertiary/aromatic N) is 1. The second-order valence-corrected chi connectivity index (χ2v) is 6.24. The van der Waals surface area contributed by atoms with Gasteiger partial charge in [0.2, 0.25) is 5.56 Å². The Morgan fingerprint density at radius 3 is 2.59 bits per heavy atom. The average molecular weight is 345 g/mol. The number of pyridine rings is 1. The Balaban J connectivity index is 2.46. The highest BCUT2D eigenvalue weighted by Crippen LogP contribution is 2.36. The maximum atomic E-state index is 13.2. The van der Waals surface area contributed by atoms with Crippen molar-refractivity contribution in [2.45, 2.75) is 25.8 Å². The molecule has 0 saturated carbocycles. The molecule has 2 aromatic heterocycles. The summed E-state index contributed by atoms with van der Waals surface area (Å²) in [7, 11) is 0. The summed E-state index contributed by atoms with van der Waals surface area (Å²) in [5.74, 6) is 0. The van der Waals surface area contributed by atoms with E-state index < -0.39 is 11.9 Å². The van der Waals surface area contributed by atoms with Crippen LogP contribution < -0.4 is 5.56 Å². The zero-order valence-electron chi connectivity index (χ0n) is 11.8. The molecule has 0 bridgehead atoms. The number of alkyl halides is 3. The molecule has 22 heavy (non-hydrogen) atoms. The SMILES string of the molecule is Cc1c(C)n(CC(F)(F)Cl)c2ccc3[nH]c(=O)cc(Cl)c3c12. The van der Waals surface area contributed by atoms with E-state index >= 15 is 0 Å². The van der Waals surface area contributed by atoms with Gasteiger partial charge in [0, 0.05) is 28.0 Å². The van der Waals surface area contributed by atoms with E-state index in [-0.39, 0.29) is 5.56 Å². The highest BCUT2D eigenvalue weighted by molar-refractivity contribution is 6.37. The molecule has 0 radical (unpaired) electrons. The van der Waals surface area contributed by atoms with E-state index in [2.05, 4.69) is 4.98 Å². The van der Waals surface area contributed by atoms with Gasteiger partial charge in [0.25, 0.3) is 0 Å². The van der Waals surface area contributed by atoms with Gasteiger partial charge in [-0.15, -0.1) is 0 Å². The lowest BCUT2D eigenvalue weighted by atomic mass is 10.1. The number of hydrogen-bond acceptors (Lipinski definition) is 1. The quantitative estimate of drug-likeness (QED) is 0.678. The van der Waals surface area contributed by atoms with Crippen LogP contribution in [0.15, 0.2) is 23.0 Å². The third kappa shape index (κ3) is 2.38. The highest BCUT2D eigenvalue weighted by atomic mass is 35.5. The van der Waals surface area contributed by atoms with Crippen molar-refractivity contribution in [3.05, 3.63) is 44.8 Å². The molecule has 0 aliphatic heterocycles. The van der Waals surface area contributed by atoms with Crippen LogP contribution in [-0.4, -0.2) is 14.9 Å². The summed E-state index contributed by atoms with van der Waals surface area (Å²) >= 11 is 11.3. The molecule has 0 aliphatic rings. The van der Waals surface area contributed by atoms with Crippen molar-refractivity contribution in [3.63, 3.8) is 0 Å². The van der Waals surface area contributed by atoms with Crippen molar-refractivity contribution in [2.24, 2.45) is 0 Å². The molecular weight excluding hydrogens is 333 g/mol. The van der Waals surface area contributed by atoms with Gasteiger partial charge in [-0.05, 0) is 43.1 Å². The minimum absolute atomic E-state index is 0.294. The minimum Gasteiger partial charge on any atom is -0.337 e. The summed E-state index contributed by atoms with van der Waals surface area (Å²) in [6.45, 7) is 2.96. The molecule has 0 amide bonds. The van der Waals surface area contributed by atoms with Crippen molar-refractivity contribution >= 4 is 45.0 Å². The zero-order valence-corrected chi connectivity index (χ0v) is 13.3. The lowest BCUT2D eigenvalue weighted by molar-refractivity contribution is 0.0766. The van der Waals surface area contributed by atoms with E-state index in [1.807, 2.05) is 6.92 Å². The fourth-order valence-corrected chi connectivity index (χ4v) is 3.27. The van der Waals surface area contributed by atoms with Crippen LogP contribution in [0.5, 0.6) is 0 Å². The summed E-state index contributed by atoms with van der Waals surface area (Å²) < 4.78 is 28.0. The van der Waals surface area contributed by atoms with Gasteiger partial charge in [0.1, 0.15) is 6.54 Å². The standard InChI is InChI=1S/C15H12Cl2F2N2O/c1-7-8(2)21(6-15(17,18)19)11-4-3-10-14(13(7)11)9(16)5-12(22)20-10/h3-5H,6H2,1-2H3,(H,20,22). The van der Waals surface area contributed by atoms with Crippen LogP contribution in [0.25, 0.3) is 21.8 Å². The van der Waals surface area contributed by atoms with Crippen molar-refractivity contribution < 1.29 is 8.78 Å². The van der Waals surface area contributed by atoms with Crippen LogP contribution in [-0.2, 0) is 6.54 Å². The molecule has 3 aromatic rings. The van der Waals surface area contributed by atoms with Gasteiger partial charge in [-0.1, -0.05) is 11.6 Å². The molecule has 2 heterocycles. The van der Waals surface area contributed by atoms with Crippen molar-refractivity contribution in [1.29, 1.82) is 0 Å². The molecule has 0 spiro atoms. The van der Waals surface area contributed by atoms with E-state index in [1.54, 1.807) is 19.1 Å². The Bertz CT molecular complexity index is 954. The number of benzene rings is 1. The van der Waals surface area contributed by atoms with E-state index in [1.165, 1.54) is 10.6 Å². The number of aryl methyl sites for hydroxylation is 1. The topological polar surface area (TPSA) is 37.8 Å². The van der Waals surface area contributed by atoms with Crippen molar-refractivity contribution in [1.82, 2.24) is 9.55 Å². The first-order valence-corrected chi connectivity index (χ1v) is 7.32. The number of rotatable bonds is 2. The fourth-order valence-electron chi connectivity index (χ4n) is 2.85. The van der Waals surface area contributed by atoms with Crippen molar-refractivity contribution in [2.75, 3.05) is 0 Å².